The number of oxazole rings is 1. The summed E-state index contributed by atoms with van der Waals surface area (Å²) in [4.78, 5) is 15.1. The number of aromatic nitrogens is 1. The van der Waals surface area contributed by atoms with Gasteiger partial charge in [0.05, 0.1) is 5.56 Å². The average Bonchev–Trinajstić information content (AvgIpc) is 2.80. The molecule has 0 aliphatic rings. The number of fused-ring (bicyclic) bond motifs is 1. The summed E-state index contributed by atoms with van der Waals surface area (Å²) < 4.78 is 5.48. The number of anilines is 2. The normalized spacial score (nSPS) is 10.5. The highest BCUT2D eigenvalue weighted by Gasteiger charge is 2.09. The second kappa shape index (κ2) is 4.45. The van der Waals surface area contributed by atoms with Crippen molar-refractivity contribution in [2.45, 2.75) is 0 Å². The Hall–Kier alpha value is -2.82. The minimum Gasteiger partial charge on any atom is -0.478 e. The van der Waals surface area contributed by atoms with Gasteiger partial charge in [0.1, 0.15) is 5.52 Å². The van der Waals surface area contributed by atoms with Crippen molar-refractivity contribution < 1.29 is 14.3 Å². The van der Waals surface area contributed by atoms with E-state index in [-0.39, 0.29) is 5.56 Å². The SMILES string of the molecule is O=C(O)c1ccc2nc(Nc3ccccc3)oc2c1. The lowest BCUT2D eigenvalue weighted by Gasteiger charge is -1.98. The number of nitrogens with one attached hydrogen (secondary N) is 1. The zero-order valence-electron chi connectivity index (χ0n) is 9.83. The number of carboxylic acid groups (broad SMARTS) is 1. The molecule has 0 atom stereocenters. The Bertz CT molecular complexity index is 735. The van der Waals surface area contributed by atoms with Crippen LogP contribution in [0.15, 0.2) is 52.9 Å². The van der Waals surface area contributed by atoms with Gasteiger partial charge in [-0.05, 0) is 30.3 Å². The highest BCUT2D eigenvalue weighted by atomic mass is 16.4. The van der Waals surface area contributed by atoms with Crippen LogP contribution in [0, 0.1) is 0 Å². The van der Waals surface area contributed by atoms with Crippen LogP contribution in [-0.4, -0.2) is 16.1 Å². The number of aromatic carboxylic acids is 1. The minimum atomic E-state index is -0.990. The molecule has 0 aliphatic carbocycles. The maximum absolute atomic E-state index is 10.9. The van der Waals surface area contributed by atoms with Crippen LogP contribution >= 0.6 is 0 Å². The first-order valence-electron chi connectivity index (χ1n) is 5.68. The highest BCUT2D eigenvalue weighted by Crippen LogP contribution is 2.22. The number of hydrogen-bond donors (Lipinski definition) is 2. The van der Waals surface area contributed by atoms with Gasteiger partial charge in [0.15, 0.2) is 5.58 Å². The van der Waals surface area contributed by atoms with Crippen molar-refractivity contribution in [2.24, 2.45) is 0 Å². The number of carbonyl (C=O) groups is 1. The Morgan fingerprint density at radius 1 is 1.16 bits per heavy atom. The summed E-state index contributed by atoms with van der Waals surface area (Å²) in [6.45, 7) is 0. The molecule has 0 spiro atoms. The van der Waals surface area contributed by atoms with Gasteiger partial charge in [0.2, 0.25) is 0 Å². The third kappa shape index (κ3) is 2.26. The molecule has 5 heteroatoms. The lowest BCUT2D eigenvalue weighted by Crippen LogP contribution is -1.94. The highest BCUT2D eigenvalue weighted by molar-refractivity contribution is 5.92. The molecule has 5 nitrogen and oxygen atoms in total. The van der Waals surface area contributed by atoms with Crippen molar-refractivity contribution in [2.75, 3.05) is 5.32 Å². The number of benzene rings is 2. The zero-order valence-corrected chi connectivity index (χ0v) is 9.83. The monoisotopic (exact) mass is 254 g/mol. The second-order valence-corrected chi connectivity index (χ2v) is 4.00. The summed E-state index contributed by atoms with van der Waals surface area (Å²) in [6, 6.07) is 14.4. The van der Waals surface area contributed by atoms with Crippen molar-refractivity contribution >= 4 is 28.8 Å². The summed E-state index contributed by atoms with van der Waals surface area (Å²) >= 11 is 0. The van der Waals surface area contributed by atoms with E-state index in [2.05, 4.69) is 10.3 Å². The molecule has 0 unspecified atom stereocenters. The minimum absolute atomic E-state index is 0.176. The first kappa shape index (κ1) is 11.3. The summed E-state index contributed by atoms with van der Waals surface area (Å²) in [5.74, 6) is -0.990. The standard InChI is InChI=1S/C14H10N2O3/c17-13(18)9-6-7-11-12(8-9)19-14(16-11)15-10-4-2-1-3-5-10/h1-8H,(H,15,16)(H,17,18). The topological polar surface area (TPSA) is 75.4 Å². The summed E-state index contributed by atoms with van der Waals surface area (Å²) in [5, 5.41) is 11.9. The first-order valence-corrected chi connectivity index (χ1v) is 5.68. The molecule has 0 aliphatic heterocycles. The molecule has 94 valence electrons. The van der Waals surface area contributed by atoms with Gasteiger partial charge in [-0.25, -0.2) is 4.79 Å². The van der Waals surface area contributed by atoms with Crippen LogP contribution in [0.1, 0.15) is 10.4 Å². The van der Waals surface area contributed by atoms with Crippen LogP contribution < -0.4 is 5.32 Å². The van der Waals surface area contributed by atoms with E-state index < -0.39 is 5.97 Å². The van der Waals surface area contributed by atoms with Gasteiger partial charge < -0.3 is 14.8 Å². The van der Waals surface area contributed by atoms with E-state index in [1.54, 1.807) is 6.07 Å². The van der Waals surface area contributed by atoms with Gasteiger partial charge in [-0.15, -0.1) is 0 Å². The quantitative estimate of drug-likeness (QED) is 0.750. The number of rotatable bonds is 3. The van der Waals surface area contributed by atoms with Crippen molar-refractivity contribution in [3.05, 3.63) is 54.1 Å². The zero-order chi connectivity index (χ0) is 13.2. The van der Waals surface area contributed by atoms with Gasteiger partial charge in [-0.1, -0.05) is 18.2 Å². The van der Waals surface area contributed by atoms with Crippen molar-refractivity contribution in [1.29, 1.82) is 0 Å². The van der Waals surface area contributed by atoms with Crippen molar-refractivity contribution in [1.82, 2.24) is 4.98 Å². The van der Waals surface area contributed by atoms with E-state index >= 15 is 0 Å². The Kier molecular flexibility index (Phi) is 2.64. The molecule has 0 amide bonds. The molecule has 19 heavy (non-hydrogen) atoms. The number of carboxylic acids is 1. The summed E-state index contributed by atoms with van der Waals surface area (Å²) in [6.07, 6.45) is 0. The maximum Gasteiger partial charge on any atom is 0.335 e. The van der Waals surface area contributed by atoms with Gasteiger partial charge in [0.25, 0.3) is 6.01 Å². The van der Waals surface area contributed by atoms with Crippen LogP contribution in [0.25, 0.3) is 11.1 Å². The second-order valence-electron chi connectivity index (χ2n) is 4.00. The Morgan fingerprint density at radius 3 is 2.68 bits per heavy atom. The predicted octanol–water partition coefficient (Wildman–Crippen LogP) is 3.27. The smallest absolute Gasteiger partial charge is 0.335 e. The van der Waals surface area contributed by atoms with Gasteiger partial charge in [-0.2, -0.15) is 4.98 Å². The molecule has 1 heterocycles. The summed E-state index contributed by atoms with van der Waals surface area (Å²) in [5.41, 5.74) is 2.09. The molecule has 2 N–H and O–H groups in total. The van der Waals surface area contributed by atoms with E-state index in [1.165, 1.54) is 12.1 Å². The lowest BCUT2D eigenvalue weighted by molar-refractivity contribution is 0.0697. The number of nitrogens with zero attached hydrogens (tertiary/aromatic N) is 1. The van der Waals surface area contributed by atoms with E-state index in [9.17, 15) is 4.79 Å². The van der Waals surface area contributed by atoms with E-state index in [4.69, 9.17) is 9.52 Å². The molecular weight excluding hydrogens is 244 g/mol. The maximum atomic E-state index is 10.9. The van der Waals surface area contributed by atoms with Gasteiger partial charge >= 0.3 is 5.97 Å². The van der Waals surface area contributed by atoms with E-state index in [1.807, 2.05) is 30.3 Å². The van der Waals surface area contributed by atoms with Gasteiger partial charge in [0, 0.05) is 5.69 Å². The van der Waals surface area contributed by atoms with Crippen LogP contribution in [0.3, 0.4) is 0 Å². The Balaban J connectivity index is 1.95. The Morgan fingerprint density at radius 2 is 1.95 bits per heavy atom. The molecule has 0 saturated carbocycles. The molecular formula is C14H10N2O3. The largest absolute Gasteiger partial charge is 0.478 e. The fraction of sp³-hybridized carbons (Fsp3) is 0. The van der Waals surface area contributed by atoms with Crippen LogP contribution in [0.4, 0.5) is 11.7 Å². The number of para-hydroxylation sites is 1. The summed E-state index contributed by atoms with van der Waals surface area (Å²) in [7, 11) is 0. The molecule has 3 rings (SSSR count). The van der Waals surface area contributed by atoms with Crippen LogP contribution in [0.2, 0.25) is 0 Å². The molecule has 0 bridgehead atoms. The van der Waals surface area contributed by atoms with Crippen LogP contribution in [0.5, 0.6) is 0 Å². The average molecular weight is 254 g/mol. The fourth-order valence-corrected chi connectivity index (χ4v) is 1.76. The molecule has 2 aromatic carbocycles. The molecule has 3 aromatic rings. The van der Waals surface area contributed by atoms with Crippen LogP contribution in [-0.2, 0) is 0 Å². The third-order valence-electron chi connectivity index (χ3n) is 2.66. The molecule has 0 radical (unpaired) electrons. The molecule has 1 aromatic heterocycles. The predicted molar refractivity (Wildman–Crippen MR) is 70.7 cm³/mol. The Labute approximate surface area is 108 Å². The molecule has 0 fully saturated rings. The van der Waals surface area contributed by atoms with E-state index in [0.717, 1.165) is 5.69 Å². The van der Waals surface area contributed by atoms with E-state index in [0.29, 0.717) is 17.1 Å². The van der Waals surface area contributed by atoms with Crippen molar-refractivity contribution in [3.8, 4) is 0 Å². The fourth-order valence-electron chi connectivity index (χ4n) is 1.76. The third-order valence-corrected chi connectivity index (χ3v) is 2.66. The van der Waals surface area contributed by atoms with Crippen molar-refractivity contribution in [3.63, 3.8) is 0 Å². The molecule has 0 saturated heterocycles. The van der Waals surface area contributed by atoms with Gasteiger partial charge in [-0.3, -0.25) is 0 Å². The first-order chi connectivity index (χ1) is 9.22. The lowest BCUT2D eigenvalue weighted by atomic mass is 10.2. The number of hydrogen-bond acceptors (Lipinski definition) is 4.